The number of halogens is 1. The summed E-state index contributed by atoms with van der Waals surface area (Å²) in [5.74, 6) is 0.699. The molecule has 1 saturated carbocycles. The van der Waals surface area contributed by atoms with E-state index in [2.05, 4.69) is 36.5 Å². The van der Waals surface area contributed by atoms with Gasteiger partial charge in [-0.2, -0.15) is 0 Å². The van der Waals surface area contributed by atoms with Gasteiger partial charge in [-0.3, -0.25) is 9.20 Å². The standard InChI is InChI=1S/C19H21BrN6O/c20-16-11-26-15(10-23-18(26)17(25-16)22-9-1-8-21)12-2-4-13(5-3-12)19(27)24-14-6-7-14/h2-5,10-11,14H,1,6-9,21H2,(H,22,25)(H,24,27). The van der Waals surface area contributed by atoms with Gasteiger partial charge in [-0.15, -0.1) is 0 Å². The molecule has 140 valence electrons. The highest BCUT2D eigenvalue weighted by molar-refractivity contribution is 9.10. The number of nitrogens with zero attached hydrogens (tertiary/aromatic N) is 3. The topological polar surface area (TPSA) is 97.3 Å². The molecule has 2 heterocycles. The molecule has 4 rings (SSSR count). The third kappa shape index (κ3) is 3.96. The first kappa shape index (κ1) is 17.9. The van der Waals surface area contributed by atoms with Crippen LogP contribution in [0, 0.1) is 0 Å². The summed E-state index contributed by atoms with van der Waals surface area (Å²) in [6, 6.07) is 7.94. The quantitative estimate of drug-likeness (QED) is 0.502. The smallest absolute Gasteiger partial charge is 0.251 e. The molecule has 0 radical (unpaired) electrons. The summed E-state index contributed by atoms with van der Waals surface area (Å²) in [6.45, 7) is 1.36. The summed E-state index contributed by atoms with van der Waals surface area (Å²) >= 11 is 3.47. The lowest BCUT2D eigenvalue weighted by molar-refractivity contribution is 0.0951. The second-order valence-electron chi connectivity index (χ2n) is 6.64. The number of benzene rings is 1. The maximum atomic E-state index is 12.2. The molecular formula is C19H21BrN6O. The Kier molecular flexibility index (Phi) is 5.09. The Morgan fingerprint density at radius 2 is 2.07 bits per heavy atom. The molecule has 1 aliphatic carbocycles. The molecule has 0 unspecified atom stereocenters. The monoisotopic (exact) mass is 428 g/mol. The van der Waals surface area contributed by atoms with Gasteiger partial charge in [0.05, 0.1) is 11.9 Å². The Morgan fingerprint density at radius 1 is 1.30 bits per heavy atom. The maximum absolute atomic E-state index is 12.2. The molecule has 0 atom stereocenters. The van der Waals surface area contributed by atoms with Crippen molar-refractivity contribution in [2.75, 3.05) is 18.4 Å². The van der Waals surface area contributed by atoms with E-state index in [1.807, 2.05) is 41.1 Å². The summed E-state index contributed by atoms with van der Waals surface area (Å²) < 4.78 is 2.70. The summed E-state index contributed by atoms with van der Waals surface area (Å²) in [5, 5.41) is 6.29. The number of hydrogen-bond acceptors (Lipinski definition) is 5. The number of carbonyl (C=O) groups excluding carboxylic acids is 1. The molecule has 0 spiro atoms. The molecule has 0 aliphatic heterocycles. The first-order valence-corrected chi connectivity index (χ1v) is 9.84. The molecule has 2 aromatic heterocycles. The number of carbonyl (C=O) groups is 1. The van der Waals surface area contributed by atoms with Crippen molar-refractivity contribution < 1.29 is 4.79 Å². The molecule has 0 bridgehead atoms. The van der Waals surface area contributed by atoms with E-state index in [4.69, 9.17) is 5.73 Å². The molecule has 8 heteroatoms. The fraction of sp³-hybridized carbons (Fsp3) is 0.316. The molecule has 27 heavy (non-hydrogen) atoms. The number of hydrogen-bond donors (Lipinski definition) is 3. The van der Waals surface area contributed by atoms with E-state index in [9.17, 15) is 4.79 Å². The van der Waals surface area contributed by atoms with Crippen molar-refractivity contribution in [2.24, 2.45) is 5.73 Å². The van der Waals surface area contributed by atoms with Gasteiger partial charge >= 0.3 is 0 Å². The molecule has 7 nitrogen and oxygen atoms in total. The summed E-state index contributed by atoms with van der Waals surface area (Å²) in [4.78, 5) is 21.2. The van der Waals surface area contributed by atoms with Crippen molar-refractivity contribution in [1.29, 1.82) is 0 Å². The van der Waals surface area contributed by atoms with Gasteiger partial charge in [0.25, 0.3) is 5.91 Å². The zero-order valence-corrected chi connectivity index (χ0v) is 16.4. The minimum absolute atomic E-state index is 0.0134. The summed E-state index contributed by atoms with van der Waals surface area (Å²) in [5.41, 5.74) is 8.90. The van der Waals surface area contributed by atoms with Crippen LogP contribution >= 0.6 is 15.9 Å². The zero-order chi connectivity index (χ0) is 18.8. The van der Waals surface area contributed by atoms with E-state index in [1.165, 1.54) is 0 Å². The average molecular weight is 429 g/mol. The Labute approximate surface area is 165 Å². The van der Waals surface area contributed by atoms with Gasteiger partial charge in [0.2, 0.25) is 0 Å². The van der Waals surface area contributed by atoms with Crippen molar-refractivity contribution in [3.8, 4) is 11.3 Å². The van der Waals surface area contributed by atoms with E-state index in [1.54, 1.807) is 0 Å². The van der Waals surface area contributed by atoms with Crippen molar-refractivity contribution in [1.82, 2.24) is 19.7 Å². The molecule has 4 N–H and O–H groups in total. The first-order chi connectivity index (χ1) is 13.2. The Bertz CT molecular complexity index is 964. The van der Waals surface area contributed by atoms with Crippen molar-refractivity contribution >= 4 is 33.3 Å². The van der Waals surface area contributed by atoms with E-state index < -0.39 is 0 Å². The molecule has 1 fully saturated rings. The number of nitrogens with two attached hydrogens (primary N) is 1. The number of rotatable bonds is 7. The van der Waals surface area contributed by atoms with Crippen molar-refractivity contribution in [2.45, 2.75) is 25.3 Å². The van der Waals surface area contributed by atoms with Gasteiger partial charge in [-0.25, -0.2) is 9.97 Å². The van der Waals surface area contributed by atoms with Crippen molar-refractivity contribution in [3.63, 3.8) is 0 Å². The highest BCUT2D eigenvalue weighted by Crippen LogP contribution is 2.26. The number of imidazole rings is 1. The second-order valence-corrected chi connectivity index (χ2v) is 7.46. The normalized spacial score (nSPS) is 13.7. The lowest BCUT2D eigenvalue weighted by Gasteiger charge is -2.09. The Hall–Kier alpha value is -2.45. The van der Waals surface area contributed by atoms with Gasteiger partial charge in [0.15, 0.2) is 11.5 Å². The van der Waals surface area contributed by atoms with Crippen molar-refractivity contribution in [3.05, 3.63) is 46.8 Å². The van der Waals surface area contributed by atoms with E-state index in [-0.39, 0.29) is 5.91 Å². The van der Waals surface area contributed by atoms with Gasteiger partial charge in [-0.1, -0.05) is 12.1 Å². The Balaban J connectivity index is 1.62. The third-order valence-corrected chi connectivity index (χ3v) is 4.87. The average Bonchev–Trinajstić information content (AvgIpc) is 3.38. The van der Waals surface area contributed by atoms with Crippen LogP contribution in [0.4, 0.5) is 5.82 Å². The van der Waals surface area contributed by atoms with Crippen LogP contribution in [0.2, 0.25) is 0 Å². The van der Waals surface area contributed by atoms with Crippen LogP contribution in [-0.4, -0.2) is 39.4 Å². The van der Waals surface area contributed by atoms with E-state index in [0.717, 1.165) is 42.7 Å². The molecule has 1 aromatic carbocycles. The number of amides is 1. The number of aromatic nitrogens is 3. The minimum atomic E-state index is -0.0134. The molecule has 1 amide bonds. The van der Waals surface area contributed by atoms with Crippen LogP contribution in [0.25, 0.3) is 16.9 Å². The van der Waals surface area contributed by atoms with Crippen LogP contribution in [0.1, 0.15) is 29.6 Å². The lowest BCUT2D eigenvalue weighted by atomic mass is 10.1. The maximum Gasteiger partial charge on any atom is 0.251 e. The SMILES string of the molecule is NCCCNc1nc(Br)cn2c(-c3ccc(C(=O)NC4CC4)cc3)cnc12. The van der Waals surface area contributed by atoms with Gasteiger partial charge in [0, 0.05) is 29.9 Å². The summed E-state index contributed by atoms with van der Waals surface area (Å²) in [6.07, 6.45) is 6.72. The largest absolute Gasteiger partial charge is 0.367 e. The predicted octanol–water partition coefficient (Wildman–Crippen LogP) is 2.81. The summed E-state index contributed by atoms with van der Waals surface area (Å²) in [7, 11) is 0. The second kappa shape index (κ2) is 7.66. The number of nitrogens with one attached hydrogen (secondary N) is 2. The predicted molar refractivity (Wildman–Crippen MR) is 109 cm³/mol. The molecular weight excluding hydrogens is 408 g/mol. The fourth-order valence-electron chi connectivity index (χ4n) is 2.89. The first-order valence-electron chi connectivity index (χ1n) is 9.04. The highest BCUT2D eigenvalue weighted by Gasteiger charge is 2.23. The zero-order valence-electron chi connectivity index (χ0n) is 14.8. The fourth-order valence-corrected chi connectivity index (χ4v) is 3.27. The van der Waals surface area contributed by atoms with Gasteiger partial charge in [-0.05, 0) is 53.9 Å². The third-order valence-electron chi connectivity index (χ3n) is 4.49. The molecule has 3 aromatic rings. The van der Waals surface area contributed by atoms with Crippen LogP contribution in [0.3, 0.4) is 0 Å². The number of anilines is 1. The number of fused-ring (bicyclic) bond motifs is 1. The van der Waals surface area contributed by atoms with Crippen LogP contribution < -0.4 is 16.4 Å². The van der Waals surface area contributed by atoms with Crippen LogP contribution in [0.5, 0.6) is 0 Å². The highest BCUT2D eigenvalue weighted by atomic mass is 79.9. The van der Waals surface area contributed by atoms with Crippen LogP contribution in [0.15, 0.2) is 41.3 Å². The lowest BCUT2D eigenvalue weighted by Crippen LogP contribution is -2.25. The van der Waals surface area contributed by atoms with Gasteiger partial charge in [0.1, 0.15) is 4.60 Å². The Morgan fingerprint density at radius 3 is 2.78 bits per heavy atom. The molecule has 0 saturated heterocycles. The molecule has 1 aliphatic rings. The van der Waals surface area contributed by atoms with Crippen LogP contribution in [-0.2, 0) is 0 Å². The minimum Gasteiger partial charge on any atom is -0.367 e. The van der Waals surface area contributed by atoms with E-state index >= 15 is 0 Å². The van der Waals surface area contributed by atoms with Gasteiger partial charge < -0.3 is 16.4 Å². The van der Waals surface area contributed by atoms with E-state index in [0.29, 0.717) is 28.6 Å².